The highest BCUT2D eigenvalue weighted by Gasteiger charge is 2.26. The zero-order valence-corrected chi connectivity index (χ0v) is 11.7. The lowest BCUT2D eigenvalue weighted by molar-refractivity contribution is -0.384. The fraction of sp³-hybridized carbons (Fsp3) is 0.500. The van der Waals surface area contributed by atoms with Gasteiger partial charge >= 0.3 is 5.97 Å². The van der Waals surface area contributed by atoms with Gasteiger partial charge in [-0.25, -0.2) is 0 Å². The van der Waals surface area contributed by atoms with Crippen molar-refractivity contribution in [2.45, 2.75) is 32.4 Å². The fourth-order valence-electron chi connectivity index (χ4n) is 1.80. The van der Waals surface area contributed by atoms with E-state index in [0.29, 0.717) is 6.54 Å². The summed E-state index contributed by atoms with van der Waals surface area (Å²) in [7, 11) is 0. The minimum atomic E-state index is -1.60. The van der Waals surface area contributed by atoms with E-state index in [1.165, 1.54) is 17.7 Å². The molecule has 9 nitrogen and oxygen atoms in total. The number of carboxylic acid groups (broad SMARTS) is 1. The van der Waals surface area contributed by atoms with Gasteiger partial charge in [0.2, 0.25) is 0 Å². The van der Waals surface area contributed by atoms with Crippen molar-refractivity contribution < 1.29 is 24.7 Å². The van der Waals surface area contributed by atoms with Gasteiger partial charge in [0.25, 0.3) is 11.6 Å². The lowest BCUT2D eigenvalue weighted by Crippen LogP contribution is -2.42. The van der Waals surface area contributed by atoms with Crippen LogP contribution in [0.4, 0.5) is 5.69 Å². The Morgan fingerprint density at radius 3 is 2.62 bits per heavy atom. The van der Waals surface area contributed by atoms with Crippen LogP contribution in [0.2, 0.25) is 0 Å². The Balaban J connectivity index is 2.80. The van der Waals surface area contributed by atoms with Crippen molar-refractivity contribution in [3.8, 4) is 0 Å². The SMILES string of the molecule is CCn1cc([N+](=O)[O-])cc1C(=O)NCC(C)(O)CC(=O)O. The zero-order chi connectivity index (χ0) is 16.2. The predicted octanol–water partition coefficient (Wildman–Crippen LogP) is 0.372. The average molecular weight is 299 g/mol. The van der Waals surface area contributed by atoms with E-state index in [0.717, 1.165) is 6.07 Å². The predicted molar refractivity (Wildman–Crippen MR) is 72.0 cm³/mol. The molecule has 0 spiro atoms. The van der Waals surface area contributed by atoms with Crippen molar-refractivity contribution in [3.05, 3.63) is 28.1 Å². The molecule has 9 heteroatoms. The van der Waals surface area contributed by atoms with Crippen LogP contribution in [-0.2, 0) is 11.3 Å². The summed E-state index contributed by atoms with van der Waals surface area (Å²) in [6.07, 6.45) is 0.715. The lowest BCUT2D eigenvalue weighted by Gasteiger charge is -2.21. The standard InChI is InChI=1S/C12H17N3O6/c1-3-14-6-8(15(20)21)4-9(14)11(18)13-7-12(2,19)5-10(16)17/h4,6,19H,3,5,7H2,1-2H3,(H,13,18)(H,16,17). The van der Waals surface area contributed by atoms with Crippen LogP contribution in [0.5, 0.6) is 0 Å². The third-order valence-corrected chi connectivity index (χ3v) is 2.83. The van der Waals surface area contributed by atoms with E-state index < -0.39 is 28.8 Å². The Kier molecular flexibility index (Phi) is 5.03. The first-order chi connectivity index (χ1) is 9.66. The Labute approximate surface area is 120 Å². The first-order valence-corrected chi connectivity index (χ1v) is 6.23. The number of hydrogen-bond acceptors (Lipinski definition) is 5. The zero-order valence-electron chi connectivity index (χ0n) is 11.7. The number of amides is 1. The molecule has 1 rings (SSSR count). The van der Waals surface area contributed by atoms with Crippen molar-refractivity contribution in [1.82, 2.24) is 9.88 Å². The Bertz CT molecular complexity index is 563. The number of aromatic nitrogens is 1. The maximum Gasteiger partial charge on any atom is 0.306 e. The summed E-state index contributed by atoms with van der Waals surface area (Å²) in [6.45, 7) is 3.09. The third kappa shape index (κ3) is 4.56. The molecule has 1 amide bonds. The van der Waals surface area contributed by atoms with Gasteiger partial charge in [0.1, 0.15) is 5.69 Å². The van der Waals surface area contributed by atoms with Gasteiger partial charge in [0, 0.05) is 19.2 Å². The molecule has 0 saturated carbocycles. The highest BCUT2D eigenvalue weighted by Crippen LogP contribution is 2.17. The van der Waals surface area contributed by atoms with Crippen molar-refractivity contribution in [2.75, 3.05) is 6.54 Å². The molecule has 1 heterocycles. The van der Waals surface area contributed by atoms with E-state index in [9.17, 15) is 24.8 Å². The van der Waals surface area contributed by atoms with E-state index in [1.54, 1.807) is 6.92 Å². The molecular weight excluding hydrogens is 282 g/mol. The van der Waals surface area contributed by atoms with E-state index in [2.05, 4.69) is 5.32 Å². The lowest BCUT2D eigenvalue weighted by atomic mass is 10.0. The van der Waals surface area contributed by atoms with Crippen molar-refractivity contribution >= 4 is 17.6 Å². The van der Waals surface area contributed by atoms with Crippen molar-refractivity contribution in [1.29, 1.82) is 0 Å². The quantitative estimate of drug-likeness (QED) is 0.492. The van der Waals surface area contributed by atoms with E-state index in [-0.39, 0.29) is 17.9 Å². The molecule has 0 aliphatic rings. The molecular formula is C12H17N3O6. The number of nitrogens with zero attached hydrogens (tertiary/aromatic N) is 2. The number of hydrogen-bond donors (Lipinski definition) is 3. The maximum atomic E-state index is 12.0. The second-order valence-electron chi connectivity index (χ2n) is 4.88. The van der Waals surface area contributed by atoms with Crippen LogP contribution < -0.4 is 5.32 Å². The van der Waals surface area contributed by atoms with Gasteiger partial charge in [-0.1, -0.05) is 0 Å². The largest absolute Gasteiger partial charge is 0.481 e. The average Bonchev–Trinajstić information content (AvgIpc) is 2.78. The number of aliphatic hydroxyl groups is 1. The fourth-order valence-corrected chi connectivity index (χ4v) is 1.80. The van der Waals surface area contributed by atoms with Crippen LogP contribution >= 0.6 is 0 Å². The summed E-state index contributed by atoms with van der Waals surface area (Å²) in [5.74, 6) is -1.81. The molecule has 0 radical (unpaired) electrons. The number of carbonyl (C=O) groups is 2. The molecule has 1 atom stereocenters. The second-order valence-corrected chi connectivity index (χ2v) is 4.88. The van der Waals surface area contributed by atoms with Gasteiger partial charge in [-0.2, -0.15) is 0 Å². The van der Waals surface area contributed by atoms with Crippen LogP contribution in [-0.4, -0.2) is 43.7 Å². The molecule has 0 aliphatic carbocycles. The van der Waals surface area contributed by atoms with Gasteiger partial charge in [0.05, 0.1) is 23.1 Å². The van der Waals surface area contributed by atoms with Crippen LogP contribution in [0, 0.1) is 10.1 Å². The second kappa shape index (κ2) is 6.35. The first-order valence-electron chi connectivity index (χ1n) is 6.23. The maximum absolute atomic E-state index is 12.0. The summed E-state index contributed by atoms with van der Waals surface area (Å²) in [5, 5.41) is 31.5. The number of aryl methyl sites for hydroxylation is 1. The van der Waals surface area contributed by atoms with E-state index >= 15 is 0 Å². The molecule has 1 unspecified atom stereocenters. The molecule has 0 fully saturated rings. The van der Waals surface area contributed by atoms with Gasteiger partial charge in [0.15, 0.2) is 0 Å². The summed E-state index contributed by atoms with van der Waals surface area (Å²) in [5.41, 5.74) is -1.73. The van der Waals surface area contributed by atoms with Gasteiger partial charge in [-0.15, -0.1) is 0 Å². The molecule has 1 aromatic heterocycles. The van der Waals surface area contributed by atoms with Gasteiger partial charge in [-0.05, 0) is 13.8 Å². The molecule has 0 saturated heterocycles. The third-order valence-electron chi connectivity index (χ3n) is 2.83. The number of nitro groups is 1. The highest BCUT2D eigenvalue weighted by molar-refractivity contribution is 5.93. The molecule has 21 heavy (non-hydrogen) atoms. The minimum Gasteiger partial charge on any atom is -0.481 e. The van der Waals surface area contributed by atoms with Crippen molar-refractivity contribution in [2.24, 2.45) is 0 Å². The van der Waals surface area contributed by atoms with Crippen LogP contribution in [0.15, 0.2) is 12.3 Å². The summed E-state index contributed by atoms with van der Waals surface area (Å²) >= 11 is 0. The number of rotatable bonds is 7. The van der Waals surface area contributed by atoms with Crippen LogP contribution in [0.3, 0.4) is 0 Å². The van der Waals surface area contributed by atoms with Gasteiger partial charge in [-0.3, -0.25) is 19.7 Å². The number of nitrogens with one attached hydrogen (secondary N) is 1. The normalized spacial score (nSPS) is 13.5. The monoisotopic (exact) mass is 299 g/mol. The molecule has 0 bridgehead atoms. The Hall–Kier alpha value is -2.42. The van der Waals surface area contributed by atoms with Crippen molar-refractivity contribution in [3.63, 3.8) is 0 Å². The summed E-state index contributed by atoms with van der Waals surface area (Å²) < 4.78 is 1.40. The summed E-state index contributed by atoms with van der Waals surface area (Å²) in [6, 6.07) is 1.13. The smallest absolute Gasteiger partial charge is 0.306 e. The molecule has 1 aromatic rings. The van der Waals surface area contributed by atoms with Crippen LogP contribution in [0.25, 0.3) is 0 Å². The Morgan fingerprint density at radius 1 is 1.52 bits per heavy atom. The van der Waals surface area contributed by atoms with E-state index in [4.69, 9.17) is 5.11 Å². The van der Waals surface area contributed by atoms with Gasteiger partial charge < -0.3 is 20.1 Å². The molecule has 3 N–H and O–H groups in total. The molecule has 116 valence electrons. The Morgan fingerprint density at radius 2 is 2.14 bits per heavy atom. The topological polar surface area (TPSA) is 135 Å². The minimum absolute atomic E-state index is 0.0790. The number of aliphatic carboxylic acids is 1. The molecule has 0 aliphatic heterocycles. The number of carboxylic acids is 1. The highest BCUT2D eigenvalue weighted by atomic mass is 16.6. The van der Waals surface area contributed by atoms with Crippen LogP contribution in [0.1, 0.15) is 30.8 Å². The first kappa shape index (κ1) is 16.6. The molecule has 0 aromatic carbocycles. The van der Waals surface area contributed by atoms with E-state index in [1.807, 2.05) is 0 Å². The number of carbonyl (C=O) groups excluding carboxylic acids is 1. The summed E-state index contributed by atoms with van der Waals surface area (Å²) in [4.78, 5) is 32.6.